The van der Waals surface area contributed by atoms with Gasteiger partial charge in [0.25, 0.3) is 0 Å². The fraction of sp³-hybridized carbons (Fsp3) is 0.269. The molecule has 1 atom stereocenters. The van der Waals surface area contributed by atoms with Gasteiger partial charge in [-0.3, -0.25) is 4.79 Å². The number of hydrogen-bond donors (Lipinski definition) is 2. The van der Waals surface area contributed by atoms with Crippen LogP contribution in [0.15, 0.2) is 72.8 Å². The number of carboxylic acids is 1. The zero-order chi connectivity index (χ0) is 25.3. The largest absolute Gasteiger partial charge is 0.508 e. The van der Waals surface area contributed by atoms with Crippen molar-refractivity contribution in [1.82, 2.24) is 0 Å². The predicted octanol–water partition coefficient (Wildman–Crippen LogP) is 4.32. The molecule has 0 aliphatic rings. The molecule has 0 aliphatic heterocycles. The van der Waals surface area contributed by atoms with E-state index >= 15 is 0 Å². The zero-order valence-corrected chi connectivity index (χ0v) is 20.9. The molecule has 0 amide bonds. The van der Waals surface area contributed by atoms with Crippen molar-refractivity contribution >= 4 is 27.8 Å². The average molecular weight is 517 g/mol. The Morgan fingerprint density at radius 2 is 1.57 bits per heavy atom. The number of phenolic OH excluding ortho intramolecular Hbond substituents is 1. The molecule has 2 N–H and O–H groups in total. The molecule has 0 saturated heterocycles. The molecule has 0 aromatic heterocycles. The van der Waals surface area contributed by atoms with Gasteiger partial charge in [0.1, 0.15) is 22.5 Å². The molecule has 9 heteroatoms. The van der Waals surface area contributed by atoms with E-state index in [1.807, 2.05) is 36.4 Å². The van der Waals surface area contributed by atoms with Crippen molar-refractivity contribution in [2.24, 2.45) is 0 Å². The van der Waals surface area contributed by atoms with Crippen molar-refractivity contribution < 1.29 is 32.3 Å². The Balaban J connectivity index is 1.48. The molecule has 7 nitrogen and oxygen atoms in total. The molecule has 0 bridgehead atoms. The number of thioether (sulfide) groups is 1. The van der Waals surface area contributed by atoms with Gasteiger partial charge in [0.15, 0.2) is 0 Å². The van der Waals surface area contributed by atoms with Crippen LogP contribution in [0.1, 0.15) is 16.7 Å². The molecule has 0 spiro atoms. The number of hydrogen-bond acceptors (Lipinski definition) is 7. The summed E-state index contributed by atoms with van der Waals surface area (Å²) in [6.07, 6.45) is 2.78. The number of carbonyl (C=O) groups is 1. The van der Waals surface area contributed by atoms with E-state index in [2.05, 4.69) is 0 Å². The van der Waals surface area contributed by atoms with Crippen molar-refractivity contribution in [2.45, 2.75) is 24.5 Å². The highest BCUT2D eigenvalue weighted by Crippen LogP contribution is 2.21. The molecular formula is C26H28O7S2. The first-order valence-corrected chi connectivity index (χ1v) is 13.9. The van der Waals surface area contributed by atoms with Gasteiger partial charge in [-0.15, -0.1) is 11.8 Å². The topological polar surface area (TPSA) is 110 Å². The summed E-state index contributed by atoms with van der Waals surface area (Å²) in [6.45, 7) is 0.416. The highest BCUT2D eigenvalue weighted by Gasteiger charge is 2.18. The number of benzene rings is 3. The summed E-state index contributed by atoms with van der Waals surface area (Å²) in [5.41, 5.74) is 3.05. The van der Waals surface area contributed by atoms with Crippen LogP contribution in [0.4, 0.5) is 0 Å². The predicted molar refractivity (Wildman–Crippen MR) is 137 cm³/mol. The van der Waals surface area contributed by atoms with E-state index in [4.69, 9.17) is 8.92 Å². The fourth-order valence-electron chi connectivity index (χ4n) is 3.38. The Morgan fingerprint density at radius 1 is 0.914 bits per heavy atom. The third-order valence-corrected chi connectivity index (χ3v) is 6.77. The van der Waals surface area contributed by atoms with E-state index in [1.165, 1.54) is 23.9 Å². The second kappa shape index (κ2) is 12.5. The molecule has 0 aliphatic carbocycles. The number of aliphatic carboxylic acids is 1. The molecule has 0 radical (unpaired) electrons. The van der Waals surface area contributed by atoms with Crippen LogP contribution in [0.5, 0.6) is 17.2 Å². The quantitative estimate of drug-likeness (QED) is 0.323. The van der Waals surface area contributed by atoms with E-state index in [9.17, 15) is 23.4 Å². The molecule has 35 heavy (non-hydrogen) atoms. The number of rotatable bonds is 13. The third-order valence-electron chi connectivity index (χ3n) is 5.06. The first-order valence-electron chi connectivity index (χ1n) is 11.0. The maximum Gasteiger partial charge on any atom is 0.316 e. The highest BCUT2D eigenvalue weighted by atomic mass is 32.2. The maximum absolute atomic E-state index is 11.8. The standard InChI is InChI=1S/C26H28O7S2/c1-35(30,31)33-24-11-9-23(10-12-24)32-15-13-20-3-2-4-21(17-20)18-25(26(28)29)34-16-14-19-5-7-22(27)8-6-19/h2-12,17,25,27H,13-16,18H2,1H3,(H,28,29). The van der Waals surface area contributed by atoms with Crippen LogP contribution in [0, 0.1) is 0 Å². The van der Waals surface area contributed by atoms with Crippen LogP contribution in [0.25, 0.3) is 0 Å². The Labute approximate surface area is 209 Å². The van der Waals surface area contributed by atoms with Gasteiger partial charge in [-0.1, -0.05) is 36.4 Å². The molecule has 0 saturated carbocycles. The van der Waals surface area contributed by atoms with Gasteiger partial charge in [0.05, 0.1) is 12.9 Å². The summed E-state index contributed by atoms with van der Waals surface area (Å²) in [7, 11) is -3.57. The Morgan fingerprint density at radius 3 is 2.23 bits per heavy atom. The highest BCUT2D eigenvalue weighted by molar-refractivity contribution is 8.00. The van der Waals surface area contributed by atoms with Crippen LogP contribution in [0.2, 0.25) is 0 Å². The lowest BCUT2D eigenvalue weighted by Gasteiger charge is -2.13. The van der Waals surface area contributed by atoms with Crippen molar-refractivity contribution in [3.05, 3.63) is 89.5 Å². The number of carboxylic acid groups (broad SMARTS) is 1. The van der Waals surface area contributed by atoms with Gasteiger partial charge in [-0.05, 0) is 71.7 Å². The summed E-state index contributed by atoms with van der Waals surface area (Å²) in [6, 6.07) is 21.1. The molecule has 186 valence electrons. The van der Waals surface area contributed by atoms with E-state index in [-0.39, 0.29) is 11.5 Å². The number of phenols is 1. The Kier molecular flexibility index (Phi) is 9.45. The molecule has 0 heterocycles. The lowest BCUT2D eigenvalue weighted by Crippen LogP contribution is -2.20. The SMILES string of the molecule is CS(=O)(=O)Oc1ccc(OCCc2cccc(CC(SCCc3ccc(O)cc3)C(=O)O)c2)cc1. The van der Waals surface area contributed by atoms with Gasteiger partial charge in [-0.2, -0.15) is 8.42 Å². The van der Waals surface area contributed by atoms with E-state index < -0.39 is 21.3 Å². The Bertz CT molecular complexity index is 1210. The van der Waals surface area contributed by atoms with Crippen LogP contribution in [-0.2, 0) is 34.2 Å². The van der Waals surface area contributed by atoms with Crippen LogP contribution < -0.4 is 8.92 Å². The smallest absolute Gasteiger partial charge is 0.316 e. The van der Waals surface area contributed by atoms with Gasteiger partial charge < -0.3 is 19.1 Å². The minimum Gasteiger partial charge on any atom is -0.508 e. The molecule has 3 rings (SSSR count). The second-order valence-electron chi connectivity index (χ2n) is 8.00. The molecule has 3 aromatic rings. The lowest BCUT2D eigenvalue weighted by molar-refractivity contribution is -0.136. The summed E-state index contributed by atoms with van der Waals surface area (Å²) >= 11 is 1.41. The third kappa shape index (κ3) is 9.54. The number of aromatic hydroxyl groups is 1. The van der Waals surface area contributed by atoms with E-state index in [0.29, 0.717) is 31.0 Å². The van der Waals surface area contributed by atoms with Gasteiger partial charge in [0.2, 0.25) is 0 Å². The summed E-state index contributed by atoms with van der Waals surface area (Å²) in [4.78, 5) is 11.8. The molecule has 3 aromatic carbocycles. The van der Waals surface area contributed by atoms with Crippen molar-refractivity contribution in [1.29, 1.82) is 0 Å². The number of ether oxygens (including phenoxy) is 1. The van der Waals surface area contributed by atoms with Crippen LogP contribution in [0.3, 0.4) is 0 Å². The lowest BCUT2D eigenvalue weighted by atomic mass is 10.0. The van der Waals surface area contributed by atoms with Crippen molar-refractivity contribution in [2.75, 3.05) is 18.6 Å². The minimum atomic E-state index is -3.57. The van der Waals surface area contributed by atoms with E-state index in [0.717, 1.165) is 29.4 Å². The monoisotopic (exact) mass is 516 g/mol. The summed E-state index contributed by atoms with van der Waals surface area (Å²) in [5.74, 6) is 0.868. The average Bonchev–Trinajstić information content (AvgIpc) is 2.80. The van der Waals surface area contributed by atoms with Crippen LogP contribution in [-0.4, -0.2) is 48.5 Å². The minimum absolute atomic E-state index is 0.215. The molecular weight excluding hydrogens is 488 g/mol. The number of aryl methyl sites for hydroxylation is 1. The summed E-state index contributed by atoms with van der Waals surface area (Å²) in [5, 5.41) is 18.5. The first kappa shape index (κ1) is 26.4. The second-order valence-corrected chi connectivity index (χ2v) is 10.9. The van der Waals surface area contributed by atoms with Crippen molar-refractivity contribution in [3.63, 3.8) is 0 Å². The van der Waals surface area contributed by atoms with E-state index in [1.54, 1.807) is 24.3 Å². The maximum atomic E-state index is 11.8. The zero-order valence-electron chi connectivity index (χ0n) is 19.3. The summed E-state index contributed by atoms with van der Waals surface area (Å²) < 4.78 is 32.9. The van der Waals surface area contributed by atoms with Gasteiger partial charge in [-0.25, -0.2) is 0 Å². The van der Waals surface area contributed by atoms with Crippen molar-refractivity contribution in [3.8, 4) is 17.2 Å². The molecule has 1 unspecified atom stereocenters. The first-order chi connectivity index (χ1) is 16.7. The Hall–Kier alpha value is -3.17. The molecule has 0 fully saturated rings. The fourth-order valence-corrected chi connectivity index (χ4v) is 4.93. The normalized spacial score (nSPS) is 12.1. The van der Waals surface area contributed by atoms with Gasteiger partial charge >= 0.3 is 16.1 Å². The van der Waals surface area contributed by atoms with Crippen LogP contribution >= 0.6 is 11.8 Å². The van der Waals surface area contributed by atoms with Gasteiger partial charge in [0, 0.05) is 6.42 Å².